The zero-order valence-corrected chi connectivity index (χ0v) is 17.2. The maximum absolute atomic E-state index is 13.5. The Kier molecular flexibility index (Phi) is 5.80. The van der Waals surface area contributed by atoms with Gasteiger partial charge in [0, 0.05) is 32.0 Å². The first-order valence-electron chi connectivity index (χ1n) is 8.58. The van der Waals surface area contributed by atoms with E-state index in [1.54, 1.807) is 0 Å². The number of anilines is 1. The molecule has 3 N–H and O–H groups in total. The van der Waals surface area contributed by atoms with Crippen molar-refractivity contribution < 1.29 is 31.1 Å². The van der Waals surface area contributed by atoms with E-state index < -0.39 is 39.3 Å². The summed E-state index contributed by atoms with van der Waals surface area (Å²) in [6, 6.07) is 2.78. The van der Waals surface area contributed by atoms with E-state index in [2.05, 4.69) is 15.4 Å². The minimum absolute atomic E-state index is 0. The fraction of sp³-hybridized carbons (Fsp3) is 0.353. The number of ether oxygens (including phenoxy) is 1. The van der Waals surface area contributed by atoms with E-state index in [1.165, 1.54) is 17.8 Å². The lowest BCUT2D eigenvalue weighted by Crippen LogP contribution is -2.71. The van der Waals surface area contributed by atoms with Gasteiger partial charge in [-0.3, -0.25) is 4.79 Å². The van der Waals surface area contributed by atoms with Crippen LogP contribution in [0.5, 0.6) is 5.75 Å². The molecule has 2 aliphatic heterocycles. The molecule has 3 heterocycles. The van der Waals surface area contributed by atoms with Crippen LogP contribution in [0.3, 0.4) is 0 Å². The van der Waals surface area contributed by atoms with Crippen LogP contribution in [0.25, 0.3) is 0 Å². The van der Waals surface area contributed by atoms with Gasteiger partial charge in [0.25, 0.3) is 12.3 Å². The quantitative estimate of drug-likeness (QED) is 0.640. The van der Waals surface area contributed by atoms with E-state index in [1.807, 2.05) is 0 Å². The predicted octanol–water partition coefficient (Wildman–Crippen LogP) is 1.79. The average Bonchev–Trinajstić information content (AvgIpc) is 2.90. The standard InChI is InChI=1S/C17H17F3N4O4S.ClH/c1-24-5-12-14(28-8-17(6-21-7-17)23-29(12,26)27)13(24)16(25)22-9-2-3-11(18)10(4-9)15(19)20;/h2-5,15,21,23H,6-8H2,1H3,(H,22,25);1H. The van der Waals surface area contributed by atoms with Crippen molar-refractivity contribution in [1.82, 2.24) is 14.6 Å². The number of hydrogen-bond donors (Lipinski definition) is 3. The molecule has 8 nitrogen and oxygen atoms in total. The number of sulfonamides is 1. The van der Waals surface area contributed by atoms with Crippen LogP contribution < -0.4 is 20.1 Å². The molecule has 0 bridgehead atoms. The van der Waals surface area contributed by atoms with Gasteiger partial charge in [0.05, 0.1) is 11.1 Å². The first kappa shape index (κ1) is 22.4. The molecule has 2 aliphatic rings. The zero-order chi connectivity index (χ0) is 21.0. The summed E-state index contributed by atoms with van der Waals surface area (Å²) in [4.78, 5) is 12.6. The second-order valence-corrected chi connectivity index (χ2v) is 8.70. The van der Waals surface area contributed by atoms with Gasteiger partial charge in [-0.1, -0.05) is 0 Å². The molecule has 0 aliphatic carbocycles. The zero-order valence-electron chi connectivity index (χ0n) is 15.5. The van der Waals surface area contributed by atoms with Crippen molar-refractivity contribution in [3.8, 4) is 5.75 Å². The first-order valence-corrected chi connectivity index (χ1v) is 10.1. The minimum atomic E-state index is -3.94. The average molecular weight is 467 g/mol. The third-order valence-corrected chi connectivity index (χ3v) is 6.44. The maximum Gasteiger partial charge on any atom is 0.276 e. The Morgan fingerprint density at radius 1 is 1.33 bits per heavy atom. The highest BCUT2D eigenvalue weighted by Crippen LogP contribution is 2.35. The molecule has 1 aromatic carbocycles. The van der Waals surface area contributed by atoms with Crippen LogP contribution in [0.2, 0.25) is 0 Å². The van der Waals surface area contributed by atoms with E-state index >= 15 is 0 Å². The Hall–Kier alpha value is -2.28. The molecule has 0 atom stereocenters. The molecule has 164 valence electrons. The van der Waals surface area contributed by atoms with Crippen LogP contribution in [0.1, 0.15) is 22.5 Å². The molecule has 1 spiro atoms. The summed E-state index contributed by atoms with van der Waals surface area (Å²) in [5.41, 5.74) is -1.80. The van der Waals surface area contributed by atoms with Crippen molar-refractivity contribution in [3.05, 3.63) is 41.5 Å². The molecule has 0 unspecified atom stereocenters. The maximum atomic E-state index is 13.5. The summed E-state index contributed by atoms with van der Waals surface area (Å²) in [7, 11) is -2.49. The SMILES string of the molecule is Cl.Cn1cc2c(c1C(=O)Nc1ccc(F)c(C(F)F)c1)OCC1(CNC1)NS2(=O)=O. The smallest absolute Gasteiger partial charge is 0.276 e. The van der Waals surface area contributed by atoms with E-state index in [0.29, 0.717) is 13.1 Å². The summed E-state index contributed by atoms with van der Waals surface area (Å²) in [5.74, 6) is -2.00. The topological polar surface area (TPSA) is 101 Å². The minimum Gasteiger partial charge on any atom is -0.488 e. The van der Waals surface area contributed by atoms with Crippen LogP contribution in [0, 0.1) is 5.82 Å². The van der Waals surface area contributed by atoms with Gasteiger partial charge in [0.1, 0.15) is 17.3 Å². The number of fused-ring (bicyclic) bond motifs is 1. The van der Waals surface area contributed by atoms with Crippen molar-refractivity contribution in [2.24, 2.45) is 7.05 Å². The first-order chi connectivity index (χ1) is 13.6. The lowest BCUT2D eigenvalue weighted by atomic mass is 9.95. The Morgan fingerprint density at radius 3 is 2.63 bits per heavy atom. The number of amides is 1. The molecular formula is C17H18ClF3N4O4S. The summed E-state index contributed by atoms with van der Waals surface area (Å²) in [6.07, 6.45) is -1.81. The van der Waals surface area contributed by atoms with Gasteiger partial charge < -0.3 is 19.9 Å². The fourth-order valence-electron chi connectivity index (χ4n) is 3.33. The number of hydrogen-bond acceptors (Lipinski definition) is 5. The molecule has 0 radical (unpaired) electrons. The van der Waals surface area contributed by atoms with E-state index in [9.17, 15) is 26.4 Å². The van der Waals surface area contributed by atoms with Crippen LogP contribution in [-0.4, -0.2) is 44.1 Å². The molecule has 1 aromatic heterocycles. The van der Waals surface area contributed by atoms with Crippen LogP contribution in [-0.2, 0) is 17.1 Å². The molecule has 2 aromatic rings. The molecule has 1 fully saturated rings. The van der Waals surface area contributed by atoms with Crippen molar-refractivity contribution >= 4 is 34.0 Å². The molecule has 0 saturated carbocycles. The lowest BCUT2D eigenvalue weighted by molar-refractivity contribution is 0.100. The van der Waals surface area contributed by atoms with Gasteiger partial charge in [-0.2, -0.15) is 4.72 Å². The molecule has 4 rings (SSSR count). The number of carbonyl (C=O) groups is 1. The van der Waals surface area contributed by atoms with Crippen LogP contribution >= 0.6 is 12.4 Å². The number of carbonyl (C=O) groups excluding carboxylic acids is 1. The largest absolute Gasteiger partial charge is 0.488 e. The van der Waals surface area contributed by atoms with Gasteiger partial charge in [-0.05, 0) is 18.2 Å². The summed E-state index contributed by atoms with van der Waals surface area (Å²) < 4.78 is 74.2. The van der Waals surface area contributed by atoms with Gasteiger partial charge in [0.2, 0.25) is 10.0 Å². The van der Waals surface area contributed by atoms with E-state index in [-0.39, 0.29) is 41.0 Å². The summed E-state index contributed by atoms with van der Waals surface area (Å²) >= 11 is 0. The Morgan fingerprint density at radius 2 is 2.03 bits per heavy atom. The van der Waals surface area contributed by atoms with Gasteiger partial charge >= 0.3 is 0 Å². The Balaban J connectivity index is 0.00000256. The third kappa shape index (κ3) is 3.75. The molecule has 30 heavy (non-hydrogen) atoms. The predicted molar refractivity (Wildman–Crippen MR) is 103 cm³/mol. The second-order valence-electron chi connectivity index (χ2n) is 7.05. The van der Waals surface area contributed by atoms with E-state index in [0.717, 1.165) is 18.2 Å². The van der Waals surface area contributed by atoms with Crippen molar-refractivity contribution in [1.29, 1.82) is 0 Å². The van der Waals surface area contributed by atoms with Crippen molar-refractivity contribution in [2.45, 2.75) is 16.9 Å². The highest BCUT2D eigenvalue weighted by Gasteiger charge is 2.46. The third-order valence-electron chi connectivity index (χ3n) is 4.87. The monoisotopic (exact) mass is 466 g/mol. The number of rotatable bonds is 3. The fourth-order valence-corrected chi connectivity index (χ4v) is 4.91. The lowest BCUT2D eigenvalue weighted by Gasteiger charge is -2.40. The summed E-state index contributed by atoms with van der Waals surface area (Å²) in [5, 5.41) is 5.36. The Bertz CT molecular complexity index is 1100. The van der Waals surface area contributed by atoms with Gasteiger partial charge in [0.15, 0.2) is 11.4 Å². The summed E-state index contributed by atoms with van der Waals surface area (Å²) in [6.45, 7) is 0.787. The van der Waals surface area contributed by atoms with E-state index in [4.69, 9.17) is 4.74 Å². The number of aryl methyl sites for hydroxylation is 1. The Labute approximate surface area is 176 Å². The molecule has 13 heteroatoms. The number of nitrogens with one attached hydrogen (secondary N) is 3. The number of benzene rings is 1. The highest BCUT2D eigenvalue weighted by molar-refractivity contribution is 7.89. The number of aromatic nitrogens is 1. The van der Waals surface area contributed by atoms with Crippen LogP contribution in [0.15, 0.2) is 29.3 Å². The normalized spacial score (nSPS) is 18.6. The highest BCUT2D eigenvalue weighted by atomic mass is 35.5. The number of alkyl halides is 2. The van der Waals surface area contributed by atoms with Crippen molar-refractivity contribution in [2.75, 3.05) is 25.0 Å². The van der Waals surface area contributed by atoms with Crippen molar-refractivity contribution in [3.63, 3.8) is 0 Å². The van der Waals surface area contributed by atoms with Gasteiger partial charge in [-0.25, -0.2) is 21.6 Å². The second kappa shape index (κ2) is 7.76. The van der Waals surface area contributed by atoms with Gasteiger partial charge in [-0.15, -0.1) is 12.4 Å². The molecular weight excluding hydrogens is 449 g/mol. The number of nitrogens with zero attached hydrogens (tertiary/aromatic N) is 1. The number of halogens is 4. The molecule has 1 amide bonds. The van der Waals surface area contributed by atoms with Crippen LogP contribution in [0.4, 0.5) is 18.9 Å². The molecule has 1 saturated heterocycles.